The summed E-state index contributed by atoms with van der Waals surface area (Å²) in [6.07, 6.45) is 1.65. The van der Waals surface area contributed by atoms with Crippen molar-refractivity contribution in [2.24, 2.45) is 0 Å². The summed E-state index contributed by atoms with van der Waals surface area (Å²) in [6.45, 7) is 11.6. The maximum Gasteiger partial charge on any atom is 0.0852 e. The van der Waals surface area contributed by atoms with Crippen molar-refractivity contribution in [2.45, 2.75) is 31.5 Å². The van der Waals surface area contributed by atoms with Gasteiger partial charge in [-0.05, 0) is 13.3 Å². The molecular weight excluding hydrogens is 242 g/mol. The fraction of sp³-hybridized carbons (Fsp3) is 1.00. The van der Waals surface area contributed by atoms with Crippen LogP contribution in [0.5, 0.6) is 0 Å². The molecule has 0 aromatic carbocycles. The minimum Gasteiger partial charge on any atom is -0.379 e. The first-order valence-electron chi connectivity index (χ1n) is 7.73. The van der Waals surface area contributed by atoms with E-state index < -0.39 is 0 Å². The lowest BCUT2D eigenvalue weighted by Crippen LogP contribution is -2.51. The fourth-order valence-corrected chi connectivity index (χ4v) is 3.51. The van der Waals surface area contributed by atoms with Gasteiger partial charge in [0.1, 0.15) is 0 Å². The van der Waals surface area contributed by atoms with Crippen molar-refractivity contribution in [2.75, 3.05) is 59.1 Å². The molecule has 3 heterocycles. The van der Waals surface area contributed by atoms with Gasteiger partial charge in [-0.1, -0.05) is 0 Å². The van der Waals surface area contributed by atoms with Crippen LogP contribution in [0.1, 0.15) is 13.3 Å². The zero-order valence-corrected chi connectivity index (χ0v) is 12.0. The molecule has 3 fully saturated rings. The predicted octanol–water partition coefficient (Wildman–Crippen LogP) is -0.230. The van der Waals surface area contributed by atoms with Crippen LogP contribution in [0.4, 0.5) is 0 Å². The summed E-state index contributed by atoms with van der Waals surface area (Å²) < 4.78 is 11.3. The molecule has 1 N–H and O–H groups in total. The zero-order chi connectivity index (χ0) is 13.1. The molecule has 0 saturated carbocycles. The summed E-state index contributed by atoms with van der Waals surface area (Å²) in [5.74, 6) is 0. The highest BCUT2D eigenvalue weighted by Crippen LogP contribution is 2.21. The molecule has 3 atom stereocenters. The lowest BCUT2D eigenvalue weighted by atomic mass is 10.1. The molecular formula is C14H27N3O2. The summed E-state index contributed by atoms with van der Waals surface area (Å²) in [4.78, 5) is 5.22. The van der Waals surface area contributed by atoms with Crippen molar-refractivity contribution < 1.29 is 9.47 Å². The summed E-state index contributed by atoms with van der Waals surface area (Å²) in [5, 5.41) is 3.44. The summed E-state index contributed by atoms with van der Waals surface area (Å²) in [6, 6.07) is 1.25. The first-order valence-corrected chi connectivity index (χ1v) is 7.73. The van der Waals surface area contributed by atoms with Crippen molar-refractivity contribution in [1.82, 2.24) is 15.1 Å². The van der Waals surface area contributed by atoms with Crippen LogP contribution >= 0.6 is 0 Å². The molecule has 0 aromatic rings. The lowest BCUT2D eigenvalue weighted by molar-refractivity contribution is -0.0244. The number of hydrogen-bond acceptors (Lipinski definition) is 5. The predicted molar refractivity (Wildman–Crippen MR) is 74.4 cm³/mol. The normalized spacial score (nSPS) is 36.5. The number of nitrogens with zero attached hydrogens (tertiary/aromatic N) is 2. The number of morpholine rings is 2. The van der Waals surface area contributed by atoms with Crippen molar-refractivity contribution >= 4 is 0 Å². The van der Waals surface area contributed by atoms with Crippen LogP contribution in [0.3, 0.4) is 0 Å². The van der Waals surface area contributed by atoms with Gasteiger partial charge in [-0.15, -0.1) is 0 Å². The highest BCUT2D eigenvalue weighted by atomic mass is 16.5. The van der Waals surface area contributed by atoms with Gasteiger partial charge in [0.25, 0.3) is 0 Å². The number of likely N-dealkylation sites (tertiary alicyclic amines) is 1. The van der Waals surface area contributed by atoms with Crippen LogP contribution in [-0.4, -0.2) is 87.1 Å². The molecule has 0 aliphatic carbocycles. The Morgan fingerprint density at radius 3 is 2.74 bits per heavy atom. The molecule has 3 saturated heterocycles. The standard InChI is InChI=1S/C14H27N3O2/c1-12(14-10-15-3-7-19-14)17-4-2-13(11-17)16-5-8-18-9-6-16/h12-15H,2-11H2,1H3. The second-order valence-corrected chi connectivity index (χ2v) is 5.94. The average Bonchev–Trinajstić information content (AvgIpc) is 2.98. The number of rotatable bonds is 3. The second-order valence-electron chi connectivity index (χ2n) is 5.94. The molecule has 3 aliphatic heterocycles. The molecule has 19 heavy (non-hydrogen) atoms. The Hall–Kier alpha value is -0.200. The van der Waals surface area contributed by atoms with E-state index in [0.29, 0.717) is 12.1 Å². The van der Waals surface area contributed by atoms with Crippen LogP contribution in [-0.2, 0) is 9.47 Å². The minimum atomic E-state index is 0.359. The van der Waals surface area contributed by atoms with Gasteiger partial charge in [0.05, 0.1) is 25.9 Å². The van der Waals surface area contributed by atoms with E-state index in [4.69, 9.17) is 9.47 Å². The highest BCUT2D eigenvalue weighted by molar-refractivity contribution is 4.90. The topological polar surface area (TPSA) is 37.0 Å². The molecule has 0 radical (unpaired) electrons. The molecule has 0 amide bonds. The molecule has 0 bridgehead atoms. The van der Waals surface area contributed by atoms with Gasteiger partial charge in [0.15, 0.2) is 0 Å². The van der Waals surface area contributed by atoms with E-state index in [-0.39, 0.29) is 0 Å². The zero-order valence-electron chi connectivity index (χ0n) is 12.0. The third-order valence-electron chi connectivity index (χ3n) is 4.83. The van der Waals surface area contributed by atoms with Crippen molar-refractivity contribution in [3.05, 3.63) is 0 Å². The van der Waals surface area contributed by atoms with Gasteiger partial charge in [0.2, 0.25) is 0 Å². The third kappa shape index (κ3) is 3.28. The van der Waals surface area contributed by atoms with Crippen LogP contribution in [0.25, 0.3) is 0 Å². The smallest absolute Gasteiger partial charge is 0.0852 e. The molecule has 110 valence electrons. The Morgan fingerprint density at radius 2 is 2.00 bits per heavy atom. The van der Waals surface area contributed by atoms with E-state index in [1.54, 1.807) is 0 Å². The molecule has 0 spiro atoms. The van der Waals surface area contributed by atoms with Gasteiger partial charge in [-0.25, -0.2) is 0 Å². The number of nitrogens with one attached hydrogen (secondary N) is 1. The van der Waals surface area contributed by atoms with Gasteiger partial charge in [-0.2, -0.15) is 0 Å². The second kappa shape index (κ2) is 6.50. The van der Waals surface area contributed by atoms with E-state index in [1.807, 2.05) is 0 Å². The molecule has 3 aliphatic rings. The van der Waals surface area contributed by atoms with E-state index in [1.165, 1.54) is 19.5 Å². The molecule has 3 unspecified atom stereocenters. The van der Waals surface area contributed by atoms with Crippen molar-refractivity contribution in [3.63, 3.8) is 0 Å². The van der Waals surface area contributed by atoms with Crippen LogP contribution < -0.4 is 5.32 Å². The van der Waals surface area contributed by atoms with Gasteiger partial charge in [-0.3, -0.25) is 9.80 Å². The monoisotopic (exact) mass is 269 g/mol. The van der Waals surface area contributed by atoms with E-state index in [9.17, 15) is 0 Å². The first kappa shape index (κ1) is 13.8. The van der Waals surface area contributed by atoms with Crippen LogP contribution in [0.15, 0.2) is 0 Å². The summed E-state index contributed by atoms with van der Waals surface area (Å²) in [7, 11) is 0. The Kier molecular flexibility index (Phi) is 4.71. The Morgan fingerprint density at radius 1 is 1.16 bits per heavy atom. The van der Waals surface area contributed by atoms with Crippen LogP contribution in [0.2, 0.25) is 0 Å². The van der Waals surface area contributed by atoms with Gasteiger partial charge in [0, 0.05) is 51.4 Å². The van der Waals surface area contributed by atoms with Gasteiger partial charge >= 0.3 is 0 Å². The molecule has 5 heteroatoms. The largest absolute Gasteiger partial charge is 0.379 e. The minimum absolute atomic E-state index is 0.359. The summed E-state index contributed by atoms with van der Waals surface area (Å²) >= 11 is 0. The van der Waals surface area contributed by atoms with E-state index in [2.05, 4.69) is 22.0 Å². The van der Waals surface area contributed by atoms with Crippen molar-refractivity contribution in [3.8, 4) is 0 Å². The number of ether oxygens (including phenoxy) is 2. The number of hydrogen-bond donors (Lipinski definition) is 1. The van der Waals surface area contributed by atoms with Crippen molar-refractivity contribution in [1.29, 1.82) is 0 Å². The Labute approximate surface area is 116 Å². The van der Waals surface area contributed by atoms with Crippen LogP contribution in [0, 0.1) is 0 Å². The average molecular weight is 269 g/mol. The molecule has 3 rings (SSSR count). The maximum atomic E-state index is 5.90. The van der Waals surface area contributed by atoms with Gasteiger partial charge < -0.3 is 14.8 Å². The Balaban J connectivity index is 1.49. The van der Waals surface area contributed by atoms with E-state index >= 15 is 0 Å². The summed E-state index contributed by atoms with van der Waals surface area (Å²) in [5.41, 5.74) is 0. The maximum absolute atomic E-state index is 5.90. The molecule has 5 nitrogen and oxygen atoms in total. The third-order valence-corrected chi connectivity index (χ3v) is 4.83. The fourth-order valence-electron chi connectivity index (χ4n) is 3.51. The quantitative estimate of drug-likeness (QED) is 0.766. The first-order chi connectivity index (χ1) is 9.34. The SMILES string of the molecule is CC(C1CNCCO1)N1CCC(N2CCOCC2)C1. The van der Waals surface area contributed by atoms with E-state index in [0.717, 1.165) is 52.0 Å². The highest BCUT2D eigenvalue weighted by Gasteiger charge is 2.34. The molecule has 0 aromatic heterocycles. The lowest BCUT2D eigenvalue weighted by Gasteiger charge is -2.36. The Bertz CT molecular complexity index is 278.